The van der Waals surface area contributed by atoms with Crippen LogP contribution in [0.5, 0.6) is 0 Å². The molecule has 1 amide bonds. The summed E-state index contributed by atoms with van der Waals surface area (Å²) in [7, 11) is 0. The second kappa shape index (κ2) is 34.3. The zero-order valence-electron chi connectivity index (χ0n) is 29.3. The molecule has 0 aliphatic heterocycles. The van der Waals surface area contributed by atoms with Gasteiger partial charge in [0.2, 0.25) is 5.91 Å². The van der Waals surface area contributed by atoms with E-state index in [2.05, 4.69) is 41.6 Å². The molecule has 0 rings (SSSR count). The van der Waals surface area contributed by atoms with Crippen molar-refractivity contribution in [1.82, 2.24) is 4.90 Å². The lowest BCUT2D eigenvalue weighted by molar-refractivity contribution is -0.145. The lowest BCUT2D eigenvalue weighted by atomic mass is 9.95. The van der Waals surface area contributed by atoms with Gasteiger partial charge in [0.05, 0.1) is 6.61 Å². The van der Waals surface area contributed by atoms with Crippen LogP contribution in [0.3, 0.4) is 0 Å². The highest BCUT2D eigenvalue weighted by Gasteiger charge is 2.14. The van der Waals surface area contributed by atoms with Crippen LogP contribution >= 0.6 is 15.9 Å². The van der Waals surface area contributed by atoms with Gasteiger partial charge in [0.1, 0.15) is 0 Å². The van der Waals surface area contributed by atoms with Crippen LogP contribution in [-0.2, 0) is 14.3 Å². The number of carbonyl (C=O) groups is 2. The van der Waals surface area contributed by atoms with E-state index in [1.54, 1.807) is 0 Å². The molecule has 5 heteroatoms. The average Bonchev–Trinajstić information content (AvgIpc) is 3.01. The largest absolute Gasteiger partial charge is 0.465 e. The molecule has 0 aromatic rings. The highest BCUT2D eigenvalue weighted by Crippen LogP contribution is 2.20. The molecular weight excluding hydrogens is 598 g/mol. The highest BCUT2D eigenvalue weighted by molar-refractivity contribution is 9.09. The van der Waals surface area contributed by atoms with E-state index in [0.717, 1.165) is 63.4 Å². The fourth-order valence-corrected chi connectivity index (χ4v) is 6.32. The van der Waals surface area contributed by atoms with E-state index in [1.807, 2.05) is 0 Å². The molecule has 0 heterocycles. The first-order valence-corrected chi connectivity index (χ1v) is 20.2. The SMILES string of the molecule is CCCCCCCCC(CCCCCC)COC(=O)CCCCCCCCCN(CCCCCC)C(=O)CCCCCBr. The predicted octanol–water partition coefficient (Wildman–Crippen LogP) is 12.4. The topological polar surface area (TPSA) is 46.6 Å². The van der Waals surface area contributed by atoms with Gasteiger partial charge < -0.3 is 9.64 Å². The molecule has 43 heavy (non-hydrogen) atoms. The van der Waals surface area contributed by atoms with E-state index in [1.165, 1.54) is 122 Å². The molecule has 0 aromatic heterocycles. The summed E-state index contributed by atoms with van der Waals surface area (Å²) < 4.78 is 5.76. The maximum atomic E-state index is 12.8. The average molecular weight is 673 g/mol. The number of hydrogen-bond donors (Lipinski definition) is 0. The first-order valence-electron chi connectivity index (χ1n) is 19.1. The fourth-order valence-electron chi connectivity index (χ4n) is 5.92. The van der Waals surface area contributed by atoms with Gasteiger partial charge in [-0.1, -0.05) is 159 Å². The Bertz CT molecular complexity index is 600. The summed E-state index contributed by atoms with van der Waals surface area (Å²) in [6.45, 7) is 9.27. The number of esters is 1. The van der Waals surface area contributed by atoms with Gasteiger partial charge in [0, 0.05) is 31.3 Å². The Hall–Kier alpha value is -0.580. The van der Waals surface area contributed by atoms with Gasteiger partial charge in [-0.15, -0.1) is 0 Å². The minimum Gasteiger partial charge on any atom is -0.465 e. The third kappa shape index (κ3) is 29.9. The van der Waals surface area contributed by atoms with Gasteiger partial charge in [0.15, 0.2) is 0 Å². The molecule has 0 N–H and O–H groups in total. The number of unbranched alkanes of at least 4 members (excludes halogenated alkanes) is 19. The number of hydrogen-bond acceptors (Lipinski definition) is 3. The molecule has 0 fully saturated rings. The summed E-state index contributed by atoms with van der Waals surface area (Å²) in [6.07, 6.45) is 33.1. The number of halogens is 1. The van der Waals surface area contributed by atoms with Crippen molar-refractivity contribution < 1.29 is 14.3 Å². The van der Waals surface area contributed by atoms with Gasteiger partial charge >= 0.3 is 5.97 Å². The molecule has 1 atom stereocenters. The van der Waals surface area contributed by atoms with Crippen LogP contribution in [0.4, 0.5) is 0 Å². The van der Waals surface area contributed by atoms with Crippen LogP contribution in [0.25, 0.3) is 0 Å². The number of alkyl halides is 1. The van der Waals surface area contributed by atoms with Crippen LogP contribution in [0.1, 0.15) is 201 Å². The second-order valence-electron chi connectivity index (χ2n) is 13.1. The Morgan fingerprint density at radius 1 is 0.535 bits per heavy atom. The molecule has 0 saturated heterocycles. The number of ether oxygens (including phenoxy) is 1. The fraction of sp³-hybridized carbons (Fsp3) is 0.947. The lowest BCUT2D eigenvalue weighted by Crippen LogP contribution is -2.32. The van der Waals surface area contributed by atoms with Crippen molar-refractivity contribution in [2.75, 3.05) is 25.0 Å². The molecule has 0 saturated carbocycles. The summed E-state index contributed by atoms with van der Waals surface area (Å²) >= 11 is 3.49. The Labute approximate surface area is 277 Å². The van der Waals surface area contributed by atoms with E-state index in [0.29, 0.717) is 31.3 Å². The Balaban J connectivity index is 4.06. The molecule has 256 valence electrons. The lowest BCUT2D eigenvalue weighted by Gasteiger charge is -2.23. The quantitative estimate of drug-likeness (QED) is 0.0388. The standard InChI is InChI=1S/C38H74BrNO3/c1-4-7-10-13-17-22-29-36(28-21-11-8-5-2)35-43-38(42)31-24-18-15-14-16-19-27-34-40(33-26-12-9-6-3)37(41)30-23-20-25-32-39/h36H,4-35H2,1-3H3. The molecular formula is C38H74BrNO3. The first kappa shape index (κ1) is 42.4. The summed E-state index contributed by atoms with van der Waals surface area (Å²) in [6, 6.07) is 0. The maximum Gasteiger partial charge on any atom is 0.305 e. The van der Waals surface area contributed by atoms with Gasteiger partial charge in [-0.25, -0.2) is 0 Å². The molecule has 4 nitrogen and oxygen atoms in total. The van der Waals surface area contributed by atoms with Gasteiger partial charge in [0.25, 0.3) is 0 Å². The molecule has 1 unspecified atom stereocenters. The Kier molecular flexibility index (Phi) is 33.8. The molecule has 0 radical (unpaired) electrons. The van der Waals surface area contributed by atoms with Crippen LogP contribution in [0, 0.1) is 5.92 Å². The predicted molar refractivity (Wildman–Crippen MR) is 191 cm³/mol. The van der Waals surface area contributed by atoms with E-state index in [4.69, 9.17) is 4.74 Å². The van der Waals surface area contributed by atoms with Crippen molar-refractivity contribution in [3.05, 3.63) is 0 Å². The van der Waals surface area contributed by atoms with E-state index in [-0.39, 0.29) is 5.97 Å². The highest BCUT2D eigenvalue weighted by atomic mass is 79.9. The molecule has 0 aliphatic rings. The molecule has 0 aromatic carbocycles. The molecule has 0 aliphatic carbocycles. The number of rotatable bonds is 34. The van der Waals surface area contributed by atoms with Crippen molar-refractivity contribution in [2.45, 2.75) is 201 Å². The summed E-state index contributed by atoms with van der Waals surface area (Å²) in [5, 5.41) is 1.03. The van der Waals surface area contributed by atoms with Crippen molar-refractivity contribution in [1.29, 1.82) is 0 Å². The van der Waals surface area contributed by atoms with Crippen LogP contribution in [-0.4, -0.2) is 41.8 Å². The van der Waals surface area contributed by atoms with Crippen LogP contribution in [0.2, 0.25) is 0 Å². The van der Waals surface area contributed by atoms with Gasteiger partial charge in [-0.3, -0.25) is 9.59 Å². The van der Waals surface area contributed by atoms with Gasteiger partial charge in [-0.05, 0) is 50.9 Å². The molecule has 0 bridgehead atoms. The minimum absolute atomic E-state index is 0.0115. The second-order valence-corrected chi connectivity index (χ2v) is 13.9. The van der Waals surface area contributed by atoms with Crippen LogP contribution in [0.15, 0.2) is 0 Å². The maximum absolute atomic E-state index is 12.8. The smallest absolute Gasteiger partial charge is 0.305 e. The number of amides is 1. The normalized spacial score (nSPS) is 12.0. The van der Waals surface area contributed by atoms with Crippen molar-refractivity contribution >= 4 is 27.8 Å². The van der Waals surface area contributed by atoms with Crippen molar-refractivity contribution in [2.24, 2.45) is 5.92 Å². The van der Waals surface area contributed by atoms with E-state index >= 15 is 0 Å². The number of nitrogens with zero attached hydrogens (tertiary/aromatic N) is 1. The Morgan fingerprint density at radius 3 is 1.51 bits per heavy atom. The first-order chi connectivity index (χ1) is 21.1. The summed E-state index contributed by atoms with van der Waals surface area (Å²) in [5.41, 5.74) is 0. The molecule has 0 spiro atoms. The monoisotopic (exact) mass is 671 g/mol. The summed E-state index contributed by atoms with van der Waals surface area (Å²) in [4.78, 5) is 27.4. The van der Waals surface area contributed by atoms with Gasteiger partial charge in [-0.2, -0.15) is 0 Å². The third-order valence-corrected chi connectivity index (χ3v) is 9.44. The zero-order valence-corrected chi connectivity index (χ0v) is 30.8. The van der Waals surface area contributed by atoms with E-state index in [9.17, 15) is 9.59 Å². The third-order valence-electron chi connectivity index (χ3n) is 8.88. The van der Waals surface area contributed by atoms with Crippen molar-refractivity contribution in [3.8, 4) is 0 Å². The zero-order chi connectivity index (χ0) is 31.6. The minimum atomic E-state index is 0.0115. The summed E-state index contributed by atoms with van der Waals surface area (Å²) in [5.74, 6) is 0.925. The van der Waals surface area contributed by atoms with Crippen LogP contribution < -0.4 is 0 Å². The number of carbonyl (C=O) groups excluding carboxylic acids is 2. The van der Waals surface area contributed by atoms with Crippen molar-refractivity contribution in [3.63, 3.8) is 0 Å². The van der Waals surface area contributed by atoms with E-state index < -0.39 is 0 Å². The Morgan fingerprint density at radius 2 is 0.953 bits per heavy atom.